The third-order valence-corrected chi connectivity index (χ3v) is 5.42. The van der Waals surface area contributed by atoms with Crippen LogP contribution in [0.4, 0.5) is 11.4 Å². The minimum atomic E-state index is -0.391. The van der Waals surface area contributed by atoms with Crippen LogP contribution in [-0.4, -0.2) is 42.5 Å². The van der Waals surface area contributed by atoms with E-state index < -0.39 is 4.92 Å². The lowest BCUT2D eigenvalue weighted by Gasteiger charge is -2.32. The molecule has 1 aromatic carbocycles. The van der Waals surface area contributed by atoms with Gasteiger partial charge < -0.3 is 15.0 Å². The fourth-order valence-corrected chi connectivity index (χ4v) is 3.72. The Morgan fingerprint density at radius 1 is 1.20 bits per heavy atom. The number of nitrogens with one attached hydrogen (secondary N) is 1. The summed E-state index contributed by atoms with van der Waals surface area (Å²) in [5.74, 6) is -0.300. The van der Waals surface area contributed by atoms with Gasteiger partial charge in [0.2, 0.25) is 0 Å². The van der Waals surface area contributed by atoms with Crippen LogP contribution in [0.25, 0.3) is 0 Å². The van der Waals surface area contributed by atoms with E-state index in [1.807, 2.05) is 11.8 Å². The Kier molecular flexibility index (Phi) is 9.08. The van der Waals surface area contributed by atoms with E-state index >= 15 is 0 Å². The molecule has 1 amide bonds. The van der Waals surface area contributed by atoms with E-state index in [9.17, 15) is 19.7 Å². The van der Waals surface area contributed by atoms with Gasteiger partial charge in [-0.25, -0.2) is 0 Å². The van der Waals surface area contributed by atoms with Gasteiger partial charge in [-0.15, -0.1) is 0 Å². The van der Waals surface area contributed by atoms with Gasteiger partial charge in [0.1, 0.15) is 5.69 Å². The zero-order valence-corrected chi connectivity index (χ0v) is 18.1. The van der Waals surface area contributed by atoms with Gasteiger partial charge in [0.25, 0.3) is 11.6 Å². The molecule has 0 aliphatic carbocycles. The van der Waals surface area contributed by atoms with Crippen molar-refractivity contribution in [3.05, 3.63) is 34.4 Å². The lowest BCUT2D eigenvalue weighted by Crippen LogP contribution is -2.39. The van der Waals surface area contributed by atoms with Crippen LogP contribution in [0.2, 0.25) is 0 Å². The summed E-state index contributed by atoms with van der Waals surface area (Å²) < 4.78 is 5.21. The number of benzene rings is 1. The summed E-state index contributed by atoms with van der Waals surface area (Å²) in [6.45, 7) is 7.10. The molecule has 8 heteroatoms. The first-order valence-corrected chi connectivity index (χ1v) is 10.7. The molecule has 0 spiro atoms. The van der Waals surface area contributed by atoms with E-state index in [1.165, 1.54) is 6.07 Å². The second kappa shape index (κ2) is 11.5. The molecule has 1 N–H and O–H groups in total. The monoisotopic (exact) mass is 419 g/mol. The number of carbonyl (C=O) groups excluding carboxylic acids is 2. The van der Waals surface area contributed by atoms with Crippen molar-refractivity contribution in [3.8, 4) is 0 Å². The van der Waals surface area contributed by atoms with Crippen molar-refractivity contribution < 1.29 is 19.2 Å². The number of amides is 1. The van der Waals surface area contributed by atoms with Crippen molar-refractivity contribution in [1.82, 2.24) is 5.32 Å². The number of hydrogen-bond acceptors (Lipinski definition) is 6. The Morgan fingerprint density at radius 3 is 2.50 bits per heavy atom. The second-order valence-electron chi connectivity index (χ2n) is 8.41. The topological polar surface area (TPSA) is 102 Å². The molecule has 1 aliphatic heterocycles. The van der Waals surface area contributed by atoms with Gasteiger partial charge in [0.15, 0.2) is 6.61 Å². The number of esters is 1. The lowest BCUT2D eigenvalue weighted by atomic mass is 9.96. The molecule has 30 heavy (non-hydrogen) atoms. The van der Waals surface area contributed by atoms with Gasteiger partial charge in [-0.2, -0.15) is 0 Å². The van der Waals surface area contributed by atoms with Gasteiger partial charge in [0.05, 0.1) is 10.8 Å². The maximum absolute atomic E-state index is 12.3. The number of ether oxygens (including phenoxy) is 1. The molecule has 1 atom stereocenters. The molecule has 1 aromatic rings. The number of nitrogens with zero attached hydrogens (tertiary/aromatic N) is 2. The van der Waals surface area contributed by atoms with Crippen LogP contribution in [0.3, 0.4) is 0 Å². The van der Waals surface area contributed by atoms with Crippen LogP contribution in [0.5, 0.6) is 0 Å². The molecule has 0 bridgehead atoms. The number of carbonyl (C=O) groups is 2. The zero-order chi connectivity index (χ0) is 22.1. The number of nitro groups is 1. The molecule has 0 aromatic heterocycles. The van der Waals surface area contributed by atoms with Gasteiger partial charge in [-0.05, 0) is 38.2 Å². The average Bonchev–Trinajstić information content (AvgIpc) is 2.71. The van der Waals surface area contributed by atoms with Crippen molar-refractivity contribution in [1.29, 1.82) is 0 Å². The van der Waals surface area contributed by atoms with Crippen molar-refractivity contribution in [2.75, 3.05) is 24.6 Å². The standard InChI is InChI=1S/C22H33N3O5/c1-16(2)7-6-8-17(3)23-21(26)15-30-22(27)18-11-13-24(14-12-18)19-9-4-5-10-20(19)25(28)29/h4-5,9-10,16-18H,6-8,11-15H2,1-3H3,(H,23,26). The fourth-order valence-electron chi connectivity index (χ4n) is 3.72. The first-order valence-electron chi connectivity index (χ1n) is 10.7. The van der Waals surface area contributed by atoms with Gasteiger partial charge in [0, 0.05) is 25.2 Å². The molecule has 0 radical (unpaired) electrons. The molecule has 1 saturated heterocycles. The molecule has 8 nitrogen and oxygen atoms in total. The summed E-state index contributed by atoms with van der Waals surface area (Å²) in [6, 6.07) is 6.68. The highest BCUT2D eigenvalue weighted by Crippen LogP contribution is 2.31. The Balaban J connectivity index is 1.73. The van der Waals surface area contributed by atoms with Crippen LogP contribution in [0.1, 0.15) is 52.9 Å². The van der Waals surface area contributed by atoms with E-state index in [2.05, 4.69) is 19.2 Å². The van der Waals surface area contributed by atoms with E-state index in [-0.39, 0.29) is 36.1 Å². The van der Waals surface area contributed by atoms with E-state index in [4.69, 9.17) is 4.74 Å². The van der Waals surface area contributed by atoms with Gasteiger partial charge >= 0.3 is 5.97 Å². The molecule has 1 unspecified atom stereocenters. The number of para-hydroxylation sites is 2. The van der Waals surface area contributed by atoms with Crippen LogP contribution >= 0.6 is 0 Å². The minimum Gasteiger partial charge on any atom is -0.455 e. The van der Waals surface area contributed by atoms with Crippen molar-refractivity contribution >= 4 is 23.3 Å². The summed E-state index contributed by atoms with van der Waals surface area (Å²) in [6.07, 6.45) is 4.16. The van der Waals surface area contributed by atoms with Crippen LogP contribution in [0, 0.1) is 22.0 Å². The average molecular weight is 420 g/mol. The second-order valence-corrected chi connectivity index (χ2v) is 8.41. The SMILES string of the molecule is CC(C)CCCC(C)NC(=O)COC(=O)C1CCN(c2ccccc2[N+](=O)[O-])CC1. The quantitative estimate of drug-likeness (QED) is 0.353. The highest BCUT2D eigenvalue weighted by atomic mass is 16.6. The summed E-state index contributed by atoms with van der Waals surface area (Å²) in [5, 5.41) is 14.1. The van der Waals surface area contributed by atoms with E-state index in [0.717, 1.165) is 19.3 Å². The summed E-state index contributed by atoms with van der Waals surface area (Å²) >= 11 is 0. The van der Waals surface area contributed by atoms with Crippen LogP contribution in [0.15, 0.2) is 24.3 Å². The third kappa shape index (κ3) is 7.31. The van der Waals surface area contributed by atoms with Gasteiger partial charge in [-0.1, -0.05) is 38.8 Å². The molecule has 2 rings (SSSR count). The largest absolute Gasteiger partial charge is 0.455 e. The molecular weight excluding hydrogens is 386 g/mol. The smallest absolute Gasteiger partial charge is 0.309 e. The summed E-state index contributed by atoms with van der Waals surface area (Å²) in [5.41, 5.74) is 0.637. The zero-order valence-electron chi connectivity index (χ0n) is 18.1. The lowest BCUT2D eigenvalue weighted by molar-refractivity contribution is -0.384. The van der Waals surface area contributed by atoms with Gasteiger partial charge in [-0.3, -0.25) is 19.7 Å². The van der Waals surface area contributed by atoms with Crippen molar-refractivity contribution in [2.45, 2.75) is 58.9 Å². The number of anilines is 1. The maximum Gasteiger partial charge on any atom is 0.309 e. The molecule has 0 saturated carbocycles. The highest BCUT2D eigenvalue weighted by Gasteiger charge is 2.29. The highest BCUT2D eigenvalue weighted by molar-refractivity contribution is 5.81. The minimum absolute atomic E-state index is 0.0554. The molecule has 1 aliphatic rings. The first kappa shape index (κ1) is 23.6. The van der Waals surface area contributed by atoms with Crippen LogP contribution in [-0.2, 0) is 14.3 Å². The molecule has 1 heterocycles. The fraction of sp³-hybridized carbons (Fsp3) is 0.636. The first-order chi connectivity index (χ1) is 14.3. The number of nitro benzene ring substituents is 1. The molecular formula is C22H33N3O5. The van der Waals surface area contributed by atoms with Crippen LogP contribution < -0.4 is 10.2 Å². The van der Waals surface area contributed by atoms with E-state index in [0.29, 0.717) is 37.5 Å². The third-order valence-electron chi connectivity index (χ3n) is 5.42. The number of piperidine rings is 1. The summed E-state index contributed by atoms with van der Waals surface area (Å²) in [4.78, 5) is 37.1. The molecule has 1 fully saturated rings. The molecule has 166 valence electrons. The Morgan fingerprint density at radius 2 is 1.87 bits per heavy atom. The predicted molar refractivity (Wildman–Crippen MR) is 115 cm³/mol. The Hall–Kier alpha value is -2.64. The number of hydrogen-bond donors (Lipinski definition) is 1. The van der Waals surface area contributed by atoms with Crippen molar-refractivity contribution in [2.24, 2.45) is 11.8 Å². The van der Waals surface area contributed by atoms with Crippen molar-refractivity contribution in [3.63, 3.8) is 0 Å². The number of rotatable bonds is 10. The predicted octanol–water partition coefficient (Wildman–Crippen LogP) is 3.69. The normalized spacial score (nSPS) is 15.7. The Bertz CT molecular complexity index is 729. The summed E-state index contributed by atoms with van der Waals surface area (Å²) in [7, 11) is 0. The maximum atomic E-state index is 12.3. The Labute approximate surface area is 178 Å². The van der Waals surface area contributed by atoms with E-state index in [1.54, 1.807) is 18.2 Å².